The molecule has 1 heterocycles. The topological polar surface area (TPSA) is 57.1 Å². The zero-order chi connectivity index (χ0) is 13.3. The van der Waals surface area contributed by atoms with Gasteiger partial charge in [0, 0.05) is 18.1 Å². The summed E-state index contributed by atoms with van der Waals surface area (Å²) in [7, 11) is 3.12. The van der Waals surface area contributed by atoms with Gasteiger partial charge < -0.3 is 14.2 Å². The lowest BCUT2D eigenvalue weighted by atomic mass is 9.90. The molecule has 1 aromatic rings. The fourth-order valence-corrected chi connectivity index (χ4v) is 2.23. The number of methoxy groups -OCH3 is 2. The highest BCUT2D eigenvalue weighted by atomic mass is 16.5. The minimum atomic E-state index is -0.413. The third kappa shape index (κ3) is 2.12. The molecule has 5 heteroatoms. The molecule has 0 radical (unpaired) electrons. The number of benzene rings is 1. The summed E-state index contributed by atoms with van der Waals surface area (Å²) >= 11 is 0. The van der Waals surface area contributed by atoms with E-state index in [4.69, 9.17) is 14.2 Å². The molecule has 0 amide bonds. The third-order valence-electron chi connectivity index (χ3n) is 3.07. The molecule has 0 spiro atoms. The molecule has 2 rings (SSSR count). The molecule has 5 nitrogen and oxygen atoms in total. The molecule has 1 unspecified atom stereocenters. The summed E-state index contributed by atoms with van der Waals surface area (Å²) in [6.07, 6.45) is 0.555. The van der Waals surface area contributed by atoms with Gasteiger partial charge in [0.2, 0.25) is 0 Å². The lowest BCUT2D eigenvalue weighted by molar-refractivity contribution is 0.0724. The fourth-order valence-electron chi connectivity index (χ4n) is 2.23. The largest absolute Gasteiger partial charge is 0.493 e. The monoisotopic (exact) mass is 251 g/mol. The molecule has 0 N–H and O–H groups in total. The summed E-state index contributed by atoms with van der Waals surface area (Å²) in [5.74, 6) is 1.79. The molecule has 18 heavy (non-hydrogen) atoms. The highest BCUT2D eigenvalue weighted by Crippen LogP contribution is 2.46. The van der Waals surface area contributed by atoms with Crippen LogP contribution in [0.1, 0.15) is 31.9 Å². The van der Waals surface area contributed by atoms with E-state index in [-0.39, 0.29) is 0 Å². The normalized spacial score (nSPS) is 20.6. The quantitative estimate of drug-likeness (QED) is 0.775. The van der Waals surface area contributed by atoms with Crippen molar-refractivity contribution >= 4 is 0 Å². The fraction of sp³-hybridized carbons (Fsp3) is 0.538. The van der Waals surface area contributed by atoms with Crippen LogP contribution in [-0.4, -0.2) is 19.8 Å². The van der Waals surface area contributed by atoms with Crippen LogP contribution in [0.25, 0.3) is 0 Å². The van der Waals surface area contributed by atoms with Crippen molar-refractivity contribution in [2.45, 2.75) is 31.9 Å². The Balaban J connectivity index is 2.54. The Hall–Kier alpha value is -1.78. The van der Waals surface area contributed by atoms with Gasteiger partial charge in [0.1, 0.15) is 17.4 Å². The van der Waals surface area contributed by atoms with E-state index in [1.807, 2.05) is 13.8 Å². The van der Waals surface area contributed by atoms with E-state index >= 15 is 0 Å². The molecule has 0 aliphatic carbocycles. The van der Waals surface area contributed by atoms with Crippen molar-refractivity contribution < 1.29 is 14.2 Å². The summed E-state index contributed by atoms with van der Waals surface area (Å²) in [6, 6.07) is 3.09. The molecule has 98 valence electrons. The molecule has 1 aromatic carbocycles. The predicted molar refractivity (Wildman–Crippen MR) is 67.4 cm³/mol. The molecule has 1 aliphatic heterocycles. The van der Waals surface area contributed by atoms with Crippen LogP contribution >= 0.6 is 0 Å². The van der Waals surface area contributed by atoms with Gasteiger partial charge in [0.05, 0.1) is 14.2 Å². The second kappa shape index (κ2) is 4.48. The summed E-state index contributed by atoms with van der Waals surface area (Å²) < 4.78 is 16.3. The van der Waals surface area contributed by atoms with E-state index in [2.05, 4.69) is 5.18 Å². The maximum atomic E-state index is 11.0. The van der Waals surface area contributed by atoms with Gasteiger partial charge in [-0.1, -0.05) is 5.18 Å². The number of hydrogen-bond donors (Lipinski definition) is 0. The van der Waals surface area contributed by atoms with Crippen molar-refractivity contribution in [1.82, 2.24) is 0 Å². The van der Waals surface area contributed by atoms with E-state index in [0.29, 0.717) is 23.7 Å². The Morgan fingerprint density at radius 3 is 2.44 bits per heavy atom. The van der Waals surface area contributed by atoms with Crippen molar-refractivity contribution in [3.63, 3.8) is 0 Å². The van der Waals surface area contributed by atoms with E-state index in [1.165, 1.54) is 0 Å². The average molecular weight is 251 g/mol. The van der Waals surface area contributed by atoms with E-state index in [9.17, 15) is 4.91 Å². The Bertz CT molecular complexity index is 470. The SMILES string of the molecule is COc1cc2c(cc1OC)C(N=O)CC(C)(C)O2. The molecular formula is C13H17NO4. The summed E-state index contributed by atoms with van der Waals surface area (Å²) in [5.41, 5.74) is 0.340. The van der Waals surface area contributed by atoms with Crippen molar-refractivity contribution in [3.8, 4) is 17.2 Å². The number of rotatable bonds is 3. The molecule has 1 atom stereocenters. The first-order valence-electron chi connectivity index (χ1n) is 5.78. The lowest BCUT2D eigenvalue weighted by Gasteiger charge is -2.35. The van der Waals surface area contributed by atoms with Gasteiger partial charge in [-0.25, -0.2) is 0 Å². The second-order valence-corrected chi connectivity index (χ2v) is 4.93. The Morgan fingerprint density at radius 1 is 1.28 bits per heavy atom. The van der Waals surface area contributed by atoms with Crippen LogP contribution in [0.5, 0.6) is 17.2 Å². The first-order valence-corrected chi connectivity index (χ1v) is 5.78. The smallest absolute Gasteiger partial charge is 0.164 e. The van der Waals surface area contributed by atoms with E-state index in [0.717, 1.165) is 5.56 Å². The second-order valence-electron chi connectivity index (χ2n) is 4.93. The summed E-state index contributed by atoms with van der Waals surface area (Å²) in [5, 5.41) is 3.19. The minimum absolute atomic E-state index is 0.412. The molecular weight excluding hydrogens is 234 g/mol. The number of hydrogen-bond acceptors (Lipinski definition) is 5. The lowest BCUT2D eigenvalue weighted by Crippen LogP contribution is -2.34. The molecule has 0 fully saturated rings. The van der Waals surface area contributed by atoms with Crippen LogP contribution < -0.4 is 14.2 Å². The van der Waals surface area contributed by atoms with Gasteiger partial charge in [0.25, 0.3) is 0 Å². The summed E-state index contributed by atoms with van der Waals surface area (Å²) in [4.78, 5) is 11.0. The molecule has 0 saturated heterocycles. The van der Waals surface area contributed by atoms with E-state index in [1.54, 1.807) is 26.4 Å². The third-order valence-corrected chi connectivity index (χ3v) is 3.07. The highest BCUT2D eigenvalue weighted by Gasteiger charge is 2.35. The Labute approximate surface area is 106 Å². The standard InChI is InChI=1S/C13H17NO4/c1-13(2)7-9(14-15)8-5-11(16-3)12(17-4)6-10(8)18-13/h5-6,9H,7H2,1-4H3. The van der Waals surface area contributed by atoms with Gasteiger partial charge in [-0.3, -0.25) is 0 Å². The first kappa shape index (κ1) is 12.7. The van der Waals surface area contributed by atoms with E-state index < -0.39 is 11.6 Å². The first-order chi connectivity index (χ1) is 8.50. The average Bonchev–Trinajstić information content (AvgIpc) is 2.35. The van der Waals surface area contributed by atoms with Gasteiger partial charge in [-0.2, -0.15) is 4.91 Å². The minimum Gasteiger partial charge on any atom is -0.493 e. The van der Waals surface area contributed by atoms with Gasteiger partial charge >= 0.3 is 0 Å². The van der Waals surface area contributed by atoms with Crippen LogP contribution in [0.3, 0.4) is 0 Å². The van der Waals surface area contributed by atoms with Crippen molar-refractivity contribution in [1.29, 1.82) is 0 Å². The van der Waals surface area contributed by atoms with Crippen LogP contribution in [0, 0.1) is 4.91 Å². The van der Waals surface area contributed by atoms with Crippen LogP contribution in [0.15, 0.2) is 17.3 Å². The van der Waals surface area contributed by atoms with Crippen LogP contribution in [0.2, 0.25) is 0 Å². The molecule has 0 aromatic heterocycles. The molecule has 0 bridgehead atoms. The Morgan fingerprint density at radius 2 is 1.89 bits per heavy atom. The van der Waals surface area contributed by atoms with Crippen molar-refractivity contribution in [3.05, 3.63) is 22.6 Å². The predicted octanol–water partition coefficient (Wildman–Crippen LogP) is 3.07. The zero-order valence-electron chi connectivity index (χ0n) is 11.0. The number of ether oxygens (including phenoxy) is 3. The maximum Gasteiger partial charge on any atom is 0.164 e. The number of nitroso groups, excluding NO2 is 1. The van der Waals surface area contributed by atoms with Crippen LogP contribution in [0.4, 0.5) is 0 Å². The highest BCUT2D eigenvalue weighted by molar-refractivity contribution is 5.53. The number of nitrogens with zero attached hydrogens (tertiary/aromatic N) is 1. The van der Waals surface area contributed by atoms with Gasteiger partial charge in [0.15, 0.2) is 11.5 Å². The van der Waals surface area contributed by atoms with Crippen LogP contribution in [-0.2, 0) is 0 Å². The summed E-state index contributed by atoms with van der Waals surface area (Å²) in [6.45, 7) is 3.87. The zero-order valence-corrected chi connectivity index (χ0v) is 11.0. The molecule has 1 aliphatic rings. The Kier molecular flexibility index (Phi) is 3.15. The van der Waals surface area contributed by atoms with Crippen molar-refractivity contribution in [2.24, 2.45) is 5.18 Å². The van der Waals surface area contributed by atoms with Gasteiger partial charge in [-0.15, -0.1) is 0 Å². The van der Waals surface area contributed by atoms with Gasteiger partial charge in [-0.05, 0) is 19.9 Å². The van der Waals surface area contributed by atoms with Crippen molar-refractivity contribution in [2.75, 3.05) is 14.2 Å². The number of fused-ring (bicyclic) bond motifs is 1. The maximum absolute atomic E-state index is 11.0. The molecule has 0 saturated carbocycles.